The summed E-state index contributed by atoms with van der Waals surface area (Å²) < 4.78 is 35.2. The van der Waals surface area contributed by atoms with Gasteiger partial charge >= 0.3 is 0 Å². The Morgan fingerprint density at radius 1 is 0.976 bits per heavy atom. The van der Waals surface area contributed by atoms with Crippen molar-refractivity contribution >= 4 is 39.3 Å². The molecule has 10 heteroatoms. The van der Waals surface area contributed by atoms with Crippen molar-refractivity contribution in [2.24, 2.45) is 0 Å². The minimum absolute atomic E-state index is 0.0531. The van der Waals surface area contributed by atoms with Crippen LogP contribution in [0.2, 0.25) is 0 Å². The lowest BCUT2D eigenvalue weighted by molar-refractivity contribution is -0.140. The summed E-state index contributed by atoms with van der Waals surface area (Å²) in [5.74, 6) is -0.419. The molecule has 0 unspecified atom stereocenters. The molecule has 2 amide bonds. The third-order valence-electron chi connectivity index (χ3n) is 6.73. The Balaban J connectivity index is 2.11. The Bertz CT molecular complexity index is 1440. The van der Waals surface area contributed by atoms with E-state index in [2.05, 4.69) is 5.32 Å². The lowest BCUT2D eigenvalue weighted by atomic mass is 10.1. The molecule has 226 valence electrons. The molecule has 1 N–H and O–H groups in total. The van der Waals surface area contributed by atoms with Crippen molar-refractivity contribution in [3.8, 4) is 5.75 Å². The number of hydrogen-bond donors (Lipinski definition) is 1. The smallest absolute Gasteiger partial charge is 0.264 e. The fourth-order valence-corrected chi connectivity index (χ4v) is 6.45. The number of aryl methyl sites for hydroxylation is 1. The summed E-state index contributed by atoms with van der Waals surface area (Å²) in [6.07, 6.45) is 3.03. The number of carbonyl (C=O) groups excluding carboxylic acids is 2. The van der Waals surface area contributed by atoms with Gasteiger partial charge in [-0.05, 0) is 74.9 Å². The molecule has 0 bridgehead atoms. The SMILES string of the molecule is CCCNC(=O)[C@H](CC)N(Cc1cccc(C)c1)C(=O)CN(c1ccccc1OCC)S(=O)(=O)c1ccc(SC)cc1. The Morgan fingerprint density at radius 2 is 1.69 bits per heavy atom. The second kappa shape index (κ2) is 15.7. The Hall–Kier alpha value is -3.50. The van der Waals surface area contributed by atoms with Crippen molar-refractivity contribution in [3.63, 3.8) is 0 Å². The van der Waals surface area contributed by atoms with Gasteiger partial charge in [0.15, 0.2) is 0 Å². The Labute approximate surface area is 254 Å². The van der Waals surface area contributed by atoms with Crippen molar-refractivity contribution in [2.45, 2.75) is 62.9 Å². The molecule has 0 heterocycles. The van der Waals surface area contributed by atoms with Gasteiger partial charge in [0.05, 0.1) is 17.2 Å². The second-order valence-electron chi connectivity index (χ2n) is 9.81. The van der Waals surface area contributed by atoms with Crippen molar-refractivity contribution < 1.29 is 22.7 Å². The van der Waals surface area contributed by atoms with Crippen LogP contribution in [0.3, 0.4) is 0 Å². The molecule has 3 aromatic carbocycles. The highest BCUT2D eigenvalue weighted by Gasteiger charge is 2.34. The number of thioether (sulfide) groups is 1. The number of hydrogen-bond acceptors (Lipinski definition) is 6. The van der Waals surface area contributed by atoms with E-state index in [1.807, 2.05) is 58.2 Å². The molecule has 1 atom stereocenters. The first kappa shape index (κ1) is 33.0. The minimum Gasteiger partial charge on any atom is -0.492 e. The number of para-hydroxylation sites is 2. The van der Waals surface area contributed by atoms with Gasteiger partial charge in [-0.2, -0.15) is 0 Å². The average molecular weight is 612 g/mol. The fourth-order valence-electron chi connectivity index (χ4n) is 4.62. The maximum Gasteiger partial charge on any atom is 0.264 e. The molecule has 0 aromatic heterocycles. The summed E-state index contributed by atoms with van der Waals surface area (Å²) in [7, 11) is -4.20. The van der Waals surface area contributed by atoms with E-state index in [0.29, 0.717) is 25.3 Å². The highest BCUT2D eigenvalue weighted by molar-refractivity contribution is 7.98. The number of sulfonamides is 1. The number of rotatable bonds is 15. The van der Waals surface area contributed by atoms with Crippen LogP contribution in [0.5, 0.6) is 5.75 Å². The molecule has 3 rings (SSSR count). The maximum atomic E-state index is 14.2. The first-order valence-corrected chi connectivity index (χ1v) is 16.8. The molecule has 0 spiro atoms. The third-order valence-corrected chi connectivity index (χ3v) is 9.25. The molecule has 42 heavy (non-hydrogen) atoms. The normalized spacial score (nSPS) is 11.9. The summed E-state index contributed by atoms with van der Waals surface area (Å²) in [6.45, 7) is 8.02. The minimum atomic E-state index is -4.20. The summed E-state index contributed by atoms with van der Waals surface area (Å²) in [4.78, 5) is 29.9. The van der Waals surface area contributed by atoms with Gasteiger partial charge in [-0.15, -0.1) is 11.8 Å². The first-order valence-electron chi connectivity index (χ1n) is 14.2. The zero-order valence-electron chi connectivity index (χ0n) is 25.0. The number of ether oxygens (including phenoxy) is 1. The summed E-state index contributed by atoms with van der Waals surface area (Å²) in [5, 5.41) is 2.91. The van der Waals surface area contributed by atoms with Crippen LogP contribution in [-0.4, -0.2) is 57.1 Å². The predicted octanol–water partition coefficient (Wildman–Crippen LogP) is 5.64. The monoisotopic (exact) mass is 611 g/mol. The molecule has 0 aliphatic rings. The van der Waals surface area contributed by atoms with Crippen LogP contribution in [0.15, 0.2) is 82.6 Å². The fraction of sp³-hybridized carbons (Fsp3) is 0.375. The lowest BCUT2D eigenvalue weighted by Gasteiger charge is -2.33. The number of anilines is 1. The van der Waals surface area contributed by atoms with Crippen LogP contribution < -0.4 is 14.4 Å². The van der Waals surface area contributed by atoms with Crippen molar-refractivity contribution in [3.05, 3.63) is 83.9 Å². The Kier molecular flexibility index (Phi) is 12.3. The van der Waals surface area contributed by atoms with Crippen LogP contribution >= 0.6 is 11.8 Å². The molecule has 0 fully saturated rings. The molecule has 8 nitrogen and oxygen atoms in total. The van der Waals surface area contributed by atoms with E-state index < -0.39 is 28.5 Å². The van der Waals surface area contributed by atoms with E-state index in [4.69, 9.17) is 4.74 Å². The molecule has 3 aromatic rings. The third kappa shape index (κ3) is 8.29. The van der Waals surface area contributed by atoms with Gasteiger partial charge in [-0.1, -0.05) is 55.8 Å². The second-order valence-corrected chi connectivity index (χ2v) is 12.6. The highest BCUT2D eigenvalue weighted by Crippen LogP contribution is 2.33. The Morgan fingerprint density at radius 3 is 2.31 bits per heavy atom. The van der Waals surface area contributed by atoms with E-state index in [-0.39, 0.29) is 23.0 Å². The predicted molar refractivity (Wildman–Crippen MR) is 169 cm³/mol. The quantitative estimate of drug-likeness (QED) is 0.223. The van der Waals surface area contributed by atoms with E-state index in [1.165, 1.54) is 16.7 Å². The number of carbonyl (C=O) groups is 2. The molecule has 0 aliphatic heterocycles. The number of nitrogens with one attached hydrogen (secondary N) is 1. The van der Waals surface area contributed by atoms with E-state index in [9.17, 15) is 18.0 Å². The summed E-state index contributed by atoms with van der Waals surface area (Å²) >= 11 is 1.51. The first-order chi connectivity index (χ1) is 20.2. The number of benzene rings is 3. The van der Waals surface area contributed by atoms with Crippen molar-refractivity contribution in [2.75, 3.05) is 30.3 Å². The molecule has 0 saturated heterocycles. The molecular weight excluding hydrogens is 571 g/mol. The van der Waals surface area contributed by atoms with Crippen LogP contribution in [0, 0.1) is 6.92 Å². The summed E-state index contributed by atoms with van der Waals surface area (Å²) in [6, 6.07) is 20.3. The van der Waals surface area contributed by atoms with Gasteiger partial charge in [0.25, 0.3) is 10.0 Å². The average Bonchev–Trinajstić information content (AvgIpc) is 2.99. The molecular formula is C32H41N3O5S2. The number of nitrogens with zero attached hydrogens (tertiary/aromatic N) is 2. The van der Waals surface area contributed by atoms with Gasteiger partial charge in [0, 0.05) is 18.0 Å². The lowest BCUT2D eigenvalue weighted by Crippen LogP contribution is -2.52. The molecule has 0 saturated carbocycles. The van der Waals surface area contributed by atoms with Crippen molar-refractivity contribution in [1.29, 1.82) is 0 Å². The largest absolute Gasteiger partial charge is 0.492 e. The van der Waals surface area contributed by atoms with Crippen LogP contribution in [0.4, 0.5) is 5.69 Å². The van der Waals surface area contributed by atoms with E-state index >= 15 is 0 Å². The van der Waals surface area contributed by atoms with Gasteiger partial charge in [-0.25, -0.2) is 8.42 Å². The van der Waals surface area contributed by atoms with Gasteiger partial charge < -0.3 is 15.0 Å². The standard InChI is InChI=1S/C32H41N3O5S2/c1-6-20-33-32(37)28(7-2)34(22-25-13-11-12-24(4)21-25)31(36)23-35(29-14-9-10-15-30(29)40-8-3)42(38,39)27-18-16-26(41-5)17-19-27/h9-19,21,28H,6-8,20,22-23H2,1-5H3,(H,33,37)/t28-/m0/s1. The van der Waals surface area contributed by atoms with E-state index in [1.54, 1.807) is 48.5 Å². The highest BCUT2D eigenvalue weighted by atomic mass is 32.2. The zero-order valence-corrected chi connectivity index (χ0v) is 26.6. The maximum absolute atomic E-state index is 14.2. The van der Waals surface area contributed by atoms with Crippen LogP contribution in [0.1, 0.15) is 44.7 Å². The molecule has 0 aliphatic carbocycles. The number of amides is 2. The molecule has 0 radical (unpaired) electrons. The zero-order chi connectivity index (χ0) is 30.7. The van der Waals surface area contributed by atoms with Gasteiger partial charge in [0.2, 0.25) is 11.8 Å². The van der Waals surface area contributed by atoms with Crippen LogP contribution in [-0.2, 0) is 26.2 Å². The van der Waals surface area contributed by atoms with E-state index in [0.717, 1.165) is 26.7 Å². The van der Waals surface area contributed by atoms with Gasteiger partial charge in [-0.3, -0.25) is 13.9 Å². The van der Waals surface area contributed by atoms with Crippen LogP contribution in [0.25, 0.3) is 0 Å². The van der Waals surface area contributed by atoms with Gasteiger partial charge in [0.1, 0.15) is 18.3 Å². The topological polar surface area (TPSA) is 96.0 Å². The summed E-state index contributed by atoms with van der Waals surface area (Å²) in [5.41, 5.74) is 2.12. The van der Waals surface area contributed by atoms with Crippen molar-refractivity contribution in [1.82, 2.24) is 10.2 Å².